The minimum absolute atomic E-state index is 0.430. The lowest BCUT2D eigenvalue weighted by atomic mass is 10.1. The van der Waals surface area contributed by atoms with Crippen molar-refractivity contribution in [3.63, 3.8) is 0 Å². The van der Waals surface area contributed by atoms with Crippen LogP contribution in [-0.4, -0.2) is 9.55 Å². The molecule has 102 valence electrons. The van der Waals surface area contributed by atoms with E-state index in [1.54, 1.807) is 12.1 Å². The largest absolute Gasteiger partial charge is 0.310 e. The first-order chi connectivity index (χ1) is 9.54. The van der Waals surface area contributed by atoms with Crippen LogP contribution in [0, 0.1) is 6.92 Å². The molecule has 0 radical (unpaired) electrons. The molecule has 3 aromatic rings. The Labute approximate surface area is 131 Å². The molecule has 0 atom stereocenters. The number of imidazole rings is 1. The molecule has 2 nitrogen and oxygen atoms in total. The molecule has 0 bridgehead atoms. The van der Waals surface area contributed by atoms with Crippen LogP contribution in [0.5, 0.6) is 0 Å². The number of aryl methyl sites for hydroxylation is 1. The second-order valence-electron chi connectivity index (χ2n) is 4.71. The predicted octanol–water partition coefficient (Wildman–Crippen LogP) is 5.35. The van der Waals surface area contributed by atoms with Gasteiger partial charge in [-0.15, -0.1) is 0 Å². The van der Waals surface area contributed by atoms with Gasteiger partial charge in [-0.25, -0.2) is 4.98 Å². The van der Waals surface area contributed by atoms with E-state index in [4.69, 9.17) is 34.8 Å². The standard InChI is InChI=1S/C15H11Cl3N2/c1-9-3-2-4-10(5-9)8-20-14-7-12(17)11(16)6-13(14)19-15(20)18/h2-7H,8H2,1H3. The van der Waals surface area contributed by atoms with Gasteiger partial charge in [0.05, 0.1) is 27.6 Å². The number of halogens is 3. The van der Waals surface area contributed by atoms with Crippen LogP contribution in [0.4, 0.5) is 0 Å². The van der Waals surface area contributed by atoms with Crippen LogP contribution in [0.1, 0.15) is 11.1 Å². The van der Waals surface area contributed by atoms with E-state index >= 15 is 0 Å². The number of fused-ring (bicyclic) bond motifs is 1. The summed E-state index contributed by atoms with van der Waals surface area (Å²) >= 11 is 18.3. The summed E-state index contributed by atoms with van der Waals surface area (Å²) < 4.78 is 1.92. The maximum Gasteiger partial charge on any atom is 0.204 e. The lowest BCUT2D eigenvalue weighted by Gasteiger charge is -2.07. The summed E-state index contributed by atoms with van der Waals surface area (Å²) in [6, 6.07) is 11.8. The molecule has 1 heterocycles. The fourth-order valence-electron chi connectivity index (χ4n) is 2.23. The highest BCUT2D eigenvalue weighted by Gasteiger charge is 2.12. The van der Waals surface area contributed by atoms with E-state index in [0.717, 1.165) is 16.6 Å². The molecule has 0 N–H and O–H groups in total. The molecule has 0 aliphatic carbocycles. The highest BCUT2D eigenvalue weighted by Crippen LogP contribution is 2.30. The molecule has 1 aromatic heterocycles. The zero-order valence-electron chi connectivity index (χ0n) is 10.7. The Morgan fingerprint density at radius 2 is 1.80 bits per heavy atom. The lowest BCUT2D eigenvalue weighted by Crippen LogP contribution is -2.00. The molecular weight excluding hydrogens is 315 g/mol. The van der Waals surface area contributed by atoms with E-state index in [0.29, 0.717) is 21.9 Å². The molecule has 5 heteroatoms. The van der Waals surface area contributed by atoms with Gasteiger partial charge in [0.1, 0.15) is 0 Å². The van der Waals surface area contributed by atoms with Crippen LogP contribution in [0.15, 0.2) is 36.4 Å². The fourth-order valence-corrected chi connectivity index (χ4v) is 2.79. The van der Waals surface area contributed by atoms with Gasteiger partial charge in [-0.3, -0.25) is 0 Å². The van der Waals surface area contributed by atoms with E-state index in [9.17, 15) is 0 Å². The van der Waals surface area contributed by atoms with Crippen molar-refractivity contribution in [1.29, 1.82) is 0 Å². The van der Waals surface area contributed by atoms with Crippen LogP contribution in [-0.2, 0) is 6.54 Å². The van der Waals surface area contributed by atoms with Crippen LogP contribution in [0.25, 0.3) is 11.0 Å². The highest BCUT2D eigenvalue weighted by molar-refractivity contribution is 6.42. The number of hydrogen-bond acceptors (Lipinski definition) is 1. The summed E-state index contributed by atoms with van der Waals surface area (Å²) in [5, 5.41) is 1.41. The molecule has 0 aliphatic rings. The van der Waals surface area contributed by atoms with Gasteiger partial charge in [0.15, 0.2) is 0 Å². The highest BCUT2D eigenvalue weighted by atomic mass is 35.5. The minimum atomic E-state index is 0.430. The molecule has 20 heavy (non-hydrogen) atoms. The molecule has 2 aromatic carbocycles. The first-order valence-corrected chi connectivity index (χ1v) is 7.24. The summed E-state index contributed by atoms with van der Waals surface area (Å²) in [7, 11) is 0. The van der Waals surface area contributed by atoms with Gasteiger partial charge in [-0.1, -0.05) is 53.0 Å². The third-order valence-corrected chi connectivity index (χ3v) is 4.18. The number of aromatic nitrogens is 2. The average molecular weight is 326 g/mol. The Balaban J connectivity index is 2.11. The molecular formula is C15H11Cl3N2. The molecule has 0 spiro atoms. The first kappa shape index (κ1) is 13.7. The summed E-state index contributed by atoms with van der Waals surface area (Å²) in [6.45, 7) is 2.71. The maximum absolute atomic E-state index is 6.23. The Morgan fingerprint density at radius 1 is 1.05 bits per heavy atom. The molecule has 0 amide bonds. The van der Waals surface area contributed by atoms with Crippen molar-refractivity contribution in [3.05, 3.63) is 62.9 Å². The Hall–Kier alpha value is -1.22. The summed E-state index contributed by atoms with van der Waals surface area (Å²) in [4.78, 5) is 4.32. The van der Waals surface area contributed by atoms with Crippen molar-refractivity contribution in [2.24, 2.45) is 0 Å². The average Bonchev–Trinajstić information content (AvgIpc) is 2.67. The molecule has 0 aliphatic heterocycles. The zero-order valence-corrected chi connectivity index (χ0v) is 13.0. The number of hydrogen-bond donors (Lipinski definition) is 0. The Kier molecular flexibility index (Phi) is 3.63. The SMILES string of the molecule is Cc1cccc(Cn2c(Cl)nc3cc(Cl)c(Cl)cc32)c1. The van der Waals surface area contributed by atoms with Crippen molar-refractivity contribution < 1.29 is 0 Å². The molecule has 0 unspecified atom stereocenters. The molecule has 0 fully saturated rings. The molecule has 0 saturated heterocycles. The smallest absolute Gasteiger partial charge is 0.204 e. The second kappa shape index (κ2) is 5.28. The lowest BCUT2D eigenvalue weighted by molar-refractivity contribution is 0.824. The van der Waals surface area contributed by atoms with E-state index < -0.39 is 0 Å². The number of rotatable bonds is 2. The summed E-state index contributed by atoms with van der Waals surface area (Å²) in [5.74, 6) is 0. The Bertz CT molecular complexity index is 793. The first-order valence-electron chi connectivity index (χ1n) is 6.11. The van der Waals surface area contributed by atoms with Crippen molar-refractivity contribution in [1.82, 2.24) is 9.55 Å². The van der Waals surface area contributed by atoms with E-state index in [1.165, 1.54) is 5.56 Å². The van der Waals surface area contributed by atoms with E-state index in [2.05, 4.69) is 30.1 Å². The summed E-state index contributed by atoms with van der Waals surface area (Å²) in [6.07, 6.45) is 0. The monoisotopic (exact) mass is 324 g/mol. The van der Waals surface area contributed by atoms with E-state index in [1.807, 2.05) is 10.6 Å². The van der Waals surface area contributed by atoms with Crippen LogP contribution < -0.4 is 0 Å². The fraction of sp³-hybridized carbons (Fsp3) is 0.133. The van der Waals surface area contributed by atoms with Crippen molar-refractivity contribution in [2.75, 3.05) is 0 Å². The Morgan fingerprint density at radius 3 is 2.55 bits per heavy atom. The van der Waals surface area contributed by atoms with Crippen molar-refractivity contribution in [3.8, 4) is 0 Å². The van der Waals surface area contributed by atoms with Gasteiger partial charge in [0, 0.05) is 0 Å². The van der Waals surface area contributed by atoms with Crippen LogP contribution in [0.3, 0.4) is 0 Å². The third kappa shape index (κ3) is 2.51. The normalized spacial score (nSPS) is 11.2. The third-order valence-electron chi connectivity index (χ3n) is 3.17. The zero-order chi connectivity index (χ0) is 14.3. The van der Waals surface area contributed by atoms with Gasteiger partial charge >= 0.3 is 0 Å². The topological polar surface area (TPSA) is 17.8 Å². The number of benzene rings is 2. The number of nitrogens with zero attached hydrogens (tertiary/aromatic N) is 2. The maximum atomic E-state index is 6.23. The van der Waals surface area contributed by atoms with Crippen LogP contribution >= 0.6 is 34.8 Å². The van der Waals surface area contributed by atoms with Gasteiger partial charge in [0.2, 0.25) is 5.28 Å². The van der Waals surface area contributed by atoms with Gasteiger partial charge in [-0.05, 0) is 36.2 Å². The quantitative estimate of drug-likeness (QED) is 0.620. The van der Waals surface area contributed by atoms with Gasteiger partial charge in [0.25, 0.3) is 0 Å². The molecule has 3 rings (SSSR count). The molecule has 0 saturated carbocycles. The summed E-state index contributed by atoms with van der Waals surface area (Å²) in [5.41, 5.74) is 4.00. The van der Waals surface area contributed by atoms with E-state index in [-0.39, 0.29) is 0 Å². The van der Waals surface area contributed by atoms with Crippen LogP contribution in [0.2, 0.25) is 15.3 Å². The second-order valence-corrected chi connectivity index (χ2v) is 5.86. The van der Waals surface area contributed by atoms with Gasteiger partial charge in [-0.2, -0.15) is 0 Å². The van der Waals surface area contributed by atoms with Gasteiger partial charge < -0.3 is 4.57 Å². The van der Waals surface area contributed by atoms with Crippen molar-refractivity contribution in [2.45, 2.75) is 13.5 Å². The predicted molar refractivity (Wildman–Crippen MR) is 85.0 cm³/mol. The minimum Gasteiger partial charge on any atom is -0.310 e. The van der Waals surface area contributed by atoms with Crippen molar-refractivity contribution >= 4 is 45.8 Å².